The van der Waals surface area contributed by atoms with Gasteiger partial charge < -0.3 is 5.11 Å². The van der Waals surface area contributed by atoms with Crippen LogP contribution < -0.4 is 0 Å². The van der Waals surface area contributed by atoms with E-state index in [1.54, 1.807) is 0 Å². The lowest BCUT2D eigenvalue weighted by Crippen LogP contribution is -2.50. The second-order valence-electron chi connectivity index (χ2n) is 11.0. The fourth-order valence-electron chi connectivity index (χ4n) is 7.97. The average Bonchev–Trinajstić information content (AvgIpc) is 3.10. The third-order valence-corrected chi connectivity index (χ3v) is 9.66. The third kappa shape index (κ3) is 3.14. The van der Waals surface area contributed by atoms with Gasteiger partial charge in [0.15, 0.2) is 5.78 Å². The molecule has 3 fully saturated rings. The van der Waals surface area contributed by atoms with Crippen molar-refractivity contribution in [1.29, 1.82) is 0 Å². The topological polar surface area (TPSA) is 37.3 Å². The van der Waals surface area contributed by atoms with E-state index in [0.29, 0.717) is 17.6 Å². The molecule has 30 heavy (non-hydrogen) atoms. The minimum Gasteiger partial charge on any atom is -0.393 e. The van der Waals surface area contributed by atoms with E-state index in [1.165, 1.54) is 24.8 Å². The van der Waals surface area contributed by atoms with Crippen molar-refractivity contribution < 1.29 is 9.90 Å². The lowest BCUT2D eigenvalue weighted by molar-refractivity contribution is -0.124. The quantitative estimate of drug-likeness (QED) is 0.480. The number of carbonyl (C=O) groups is 1. The normalized spacial score (nSPS) is 42.9. The van der Waals surface area contributed by atoms with Crippen LogP contribution in [-0.2, 0) is 4.79 Å². The zero-order valence-corrected chi connectivity index (χ0v) is 18.5. The van der Waals surface area contributed by atoms with Crippen molar-refractivity contribution in [3.63, 3.8) is 0 Å². The van der Waals surface area contributed by atoms with Crippen LogP contribution in [0.25, 0.3) is 6.08 Å². The van der Waals surface area contributed by atoms with Crippen molar-refractivity contribution in [3.8, 4) is 0 Å². The Balaban J connectivity index is 1.36. The maximum absolute atomic E-state index is 13.2. The van der Waals surface area contributed by atoms with Gasteiger partial charge in [-0.1, -0.05) is 61.9 Å². The molecule has 2 heteroatoms. The van der Waals surface area contributed by atoms with Crippen molar-refractivity contribution in [2.24, 2.45) is 34.5 Å². The summed E-state index contributed by atoms with van der Waals surface area (Å²) in [6.07, 6.45) is 15.0. The van der Waals surface area contributed by atoms with Gasteiger partial charge in [0.05, 0.1) is 6.10 Å². The highest BCUT2D eigenvalue weighted by Crippen LogP contribution is 2.66. The third-order valence-electron chi connectivity index (χ3n) is 9.66. The SMILES string of the molecule is C[C@]12CC[C@H](O)CC1=CC[C@@H]1C2CC[C@@]2(C)C1CC[C@@H]2C(=O)/C=C/c1ccccc1. The molecule has 7 atom stereocenters. The highest BCUT2D eigenvalue weighted by atomic mass is 16.3. The summed E-state index contributed by atoms with van der Waals surface area (Å²) in [4.78, 5) is 13.2. The average molecular weight is 405 g/mol. The molecule has 0 spiro atoms. The van der Waals surface area contributed by atoms with Gasteiger partial charge in [0.1, 0.15) is 0 Å². The van der Waals surface area contributed by atoms with E-state index in [-0.39, 0.29) is 22.9 Å². The first-order valence-corrected chi connectivity index (χ1v) is 12.1. The molecule has 0 heterocycles. The summed E-state index contributed by atoms with van der Waals surface area (Å²) in [6.45, 7) is 4.90. The Morgan fingerprint density at radius 2 is 1.83 bits per heavy atom. The Morgan fingerprint density at radius 1 is 1.03 bits per heavy atom. The molecule has 0 bridgehead atoms. The van der Waals surface area contributed by atoms with Crippen LogP contribution in [0.1, 0.15) is 70.8 Å². The number of hydrogen-bond donors (Lipinski definition) is 1. The highest BCUT2D eigenvalue weighted by Gasteiger charge is 2.59. The molecule has 160 valence electrons. The van der Waals surface area contributed by atoms with Gasteiger partial charge in [0.2, 0.25) is 0 Å². The van der Waals surface area contributed by atoms with Gasteiger partial charge in [0.25, 0.3) is 0 Å². The molecule has 5 rings (SSSR count). The van der Waals surface area contributed by atoms with Crippen LogP contribution in [-0.4, -0.2) is 17.0 Å². The van der Waals surface area contributed by atoms with Gasteiger partial charge in [-0.25, -0.2) is 0 Å². The Kier molecular flexibility index (Phi) is 5.05. The second-order valence-corrected chi connectivity index (χ2v) is 11.0. The van der Waals surface area contributed by atoms with Gasteiger partial charge >= 0.3 is 0 Å². The van der Waals surface area contributed by atoms with E-state index in [4.69, 9.17) is 0 Å². The summed E-state index contributed by atoms with van der Waals surface area (Å²) in [5.74, 6) is 2.62. The van der Waals surface area contributed by atoms with Crippen LogP contribution >= 0.6 is 0 Å². The molecule has 1 aromatic rings. The van der Waals surface area contributed by atoms with Crippen molar-refractivity contribution in [3.05, 3.63) is 53.6 Å². The standard InChI is InChI=1S/C28H36O2/c1-27-16-14-21(29)18-20(27)9-10-22-23-11-12-25(28(23,2)17-15-24(22)27)26(30)13-8-19-6-4-3-5-7-19/h3-9,13,21-25,29H,10-12,14-18H2,1-2H3/b13-8+/t21-,22-,23?,24?,25+,27-,28-/m0/s1. The number of fused-ring (bicyclic) bond motifs is 5. The molecule has 2 unspecified atom stereocenters. The molecule has 3 saturated carbocycles. The first-order valence-electron chi connectivity index (χ1n) is 12.1. The van der Waals surface area contributed by atoms with Crippen LogP contribution in [0.4, 0.5) is 0 Å². The smallest absolute Gasteiger partial charge is 0.159 e. The maximum Gasteiger partial charge on any atom is 0.159 e. The fraction of sp³-hybridized carbons (Fsp3) is 0.607. The summed E-state index contributed by atoms with van der Waals surface area (Å²) in [5.41, 5.74) is 3.06. The van der Waals surface area contributed by atoms with E-state index in [9.17, 15) is 9.90 Å². The lowest BCUT2D eigenvalue weighted by atomic mass is 9.47. The summed E-state index contributed by atoms with van der Waals surface area (Å²) in [5, 5.41) is 10.2. The van der Waals surface area contributed by atoms with Gasteiger partial charge in [-0.15, -0.1) is 0 Å². The molecule has 0 amide bonds. The molecule has 0 aromatic heterocycles. The minimum atomic E-state index is -0.139. The van der Waals surface area contributed by atoms with Gasteiger partial charge in [-0.2, -0.15) is 0 Å². The van der Waals surface area contributed by atoms with Crippen LogP contribution in [0.5, 0.6) is 0 Å². The number of benzene rings is 1. The first kappa shape index (κ1) is 20.2. The lowest BCUT2D eigenvalue weighted by Gasteiger charge is -2.57. The Labute approximate surface area is 181 Å². The Bertz CT molecular complexity index is 868. The van der Waals surface area contributed by atoms with Gasteiger partial charge in [-0.05, 0) is 91.6 Å². The maximum atomic E-state index is 13.2. The molecule has 0 aliphatic heterocycles. The van der Waals surface area contributed by atoms with Crippen LogP contribution in [0.3, 0.4) is 0 Å². The van der Waals surface area contributed by atoms with Crippen molar-refractivity contribution in [2.45, 2.75) is 71.3 Å². The zero-order valence-electron chi connectivity index (χ0n) is 18.5. The number of aliphatic hydroxyl groups is 1. The summed E-state index contributed by atoms with van der Waals surface area (Å²) >= 11 is 0. The predicted octanol–water partition coefficient (Wildman–Crippen LogP) is 6.21. The molecule has 0 radical (unpaired) electrons. The van der Waals surface area contributed by atoms with E-state index in [2.05, 4.69) is 32.1 Å². The van der Waals surface area contributed by atoms with Crippen LogP contribution in [0.15, 0.2) is 48.1 Å². The number of aliphatic hydroxyl groups excluding tert-OH is 1. The summed E-state index contributed by atoms with van der Waals surface area (Å²) in [6, 6.07) is 10.2. The molecule has 4 aliphatic rings. The van der Waals surface area contributed by atoms with Gasteiger partial charge in [0, 0.05) is 5.92 Å². The van der Waals surface area contributed by atoms with E-state index < -0.39 is 0 Å². The predicted molar refractivity (Wildman–Crippen MR) is 122 cm³/mol. The van der Waals surface area contributed by atoms with Crippen LogP contribution in [0, 0.1) is 34.5 Å². The second kappa shape index (κ2) is 7.48. The number of carbonyl (C=O) groups excluding carboxylic acids is 1. The molecule has 2 nitrogen and oxygen atoms in total. The van der Waals surface area contributed by atoms with Crippen molar-refractivity contribution in [2.75, 3.05) is 0 Å². The van der Waals surface area contributed by atoms with Crippen LogP contribution in [0.2, 0.25) is 0 Å². The van der Waals surface area contributed by atoms with E-state index >= 15 is 0 Å². The number of allylic oxidation sites excluding steroid dienone is 2. The minimum absolute atomic E-state index is 0.139. The van der Waals surface area contributed by atoms with Crippen molar-refractivity contribution in [1.82, 2.24) is 0 Å². The van der Waals surface area contributed by atoms with E-state index in [0.717, 1.165) is 43.6 Å². The molecular formula is C28H36O2. The monoisotopic (exact) mass is 404 g/mol. The first-order chi connectivity index (χ1) is 14.4. The highest BCUT2D eigenvalue weighted by molar-refractivity contribution is 5.96. The number of hydrogen-bond acceptors (Lipinski definition) is 2. The number of ketones is 1. The largest absolute Gasteiger partial charge is 0.393 e. The summed E-state index contributed by atoms with van der Waals surface area (Å²) in [7, 11) is 0. The molecule has 1 N–H and O–H groups in total. The molecule has 0 saturated heterocycles. The fourth-order valence-corrected chi connectivity index (χ4v) is 7.97. The Morgan fingerprint density at radius 3 is 2.63 bits per heavy atom. The van der Waals surface area contributed by atoms with E-state index in [1.807, 2.05) is 30.4 Å². The zero-order chi connectivity index (χ0) is 20.9. The molecule has 1 aromatic carbocycles. The molecular weight excluding hydrogens is 368 g/mol. The number of rotatable bonds is 3. The Hall–Kier alpha value is -1.67. The van der Waals surface area contributed by atoms with Crippen molar-refractivity contribution >= 4 is 11.9 Å². The van der Waals surface area contributed by atoms with Gasteiger partial charge in [-0.3, -0.25) is 4.79 Å². The summed E-state index contributed by atoms with van der Waals surface area (Å²) < 4.78 is 0. The molecule has 4 aliphatic carbocycles.